The molecule has 0 bridgehead atoms. The third-order valence-corrected chi connectivity index (χ3v) is 19.6. The fourth-order valence-electron chi connectivity index (χ4n) is 3.27. The van der Waals surface area contributed by atoms with Crippen molar-refractivity contribution >= 4 is 28.1 Å². The van der Waals surface area contributed by atoms with Gasteiger partial charge in [0, 0.05) is 0 Å². The van der Waals surface area contributed by atoms with Crippen LogP contribution in [-0.4, -0.2) is 36.0 Å². The molecule has 0 aliphatic rings. The number of hydrogen-bond donors (Lipinski definition) is 2. The van der Waals surface area contributed by atoms with Crippen molar-refractivity contribution in [3.63, 3.8) is 0 Å². The zero-order valence-corrected chi connectivity index (χ0v) is 18.7. The van der Waals surface area contributed by atoms with E-state index in [1.165, 1.54) is 55.6 Å². The van der Waals surface area contributed by atoms with Crippen molar-refractivity contribution in [2.24, 2.45) is 16.5 Å². The summed E-state index contributed by atoms with van der Waals surface area (Å²) in [7, 11) is 0. The summed E-state index contributed by atoms with van der Waals surface area (Å²) < 4.78 is 11.4. The average Bonchev–Trinajstić information content (AvgIpc) is 3.03. The van der Waals surface area contributed by atoms with Crippen LogP contribution in [-0.2, 0) is 6.42 Å². The number of nitrogens with zero attached hydrogens (tertiary/aromatic N) is 2. The average molecular weight is 443 g/mol. The second kappa shape index (κ2) is 11.8. The Kier molecular flexibility index (Phi) is 10.5. The number of rotatable bonds is 13. The van der Waals surface area contributed by atoms with Gasteiger partial charge in [0.05, 0.1) is 0 Å². The Morgan fingerprint density at radius 1 is 1.04 bits per heavy atom. The van der Waals surface area contributed by atoms with Crippen LogP contribution in [0.4, 0.5) is 0 Å². The Morgan fingerprint density at radius 3 is 2.04 bits per heavy atom. The zero-order chi connectivity index (χ0) is 17.8. The normalized spacial score (nSPS) is 11.6. The van der Waals surface area contributed by atoms with Gasteiger partial charge in [-0.3, -0.25) is 0 Å². The number of unbranched alkanes of at least 4 members (excludes halogenated alkanes) is 3. The van der Waals surface area contributed by atoms with Crippen molar-refractivity contribution < 1.29 is 4.52 Å². The van der Waals surface area contributed by atoms with Crippen molar-refractivity contribution in [2.75, 3.05) is 6.54 Å². The van der Waals surface area contributed by atoms with E-state index in [0.29, 0.717) is 6.54 Å². The van der Waals surface area contributed by atoms with Gasteiger partial charge in [0.15, 0.2) is 0 Å². The first-order chi connectivity index (χ1) is 11.6. The molecule has 1 heterocycles. The van der Waals surface area contributed by atoms with E-state index in [9.17, 15) is 0 Å². The molecule has 4 N–H and O–H groups in total. The topological polar surface area (TPSA) is 90.4 Å². The van der Waals surface area contributed by atoms with E-state index in [1.807, 2.05) is 0 Å². The van der Waals surface area contributed by atoms with Crippen molar-refractivity contribution in [2.45, 2.75) is 79.0 Å². The molecule has 5 nitrogen and oxygen atoms in total. The Labute approximate surface area is 151 Å². The molecule has 1 rings (SSSR count). The predicted molar refractivity (Wildman–Crippen MR) is 105 cm³/mol. The van der Waals surface area contributed by atoms with E-state index in [-0.39, 0.29) is 5.96 Å². The number of aromatic nitrogens is 1. The Bertz CT molecular complexity index is 461. The fourth-order valence-corrected chi connectivity index (χ4v) is 18.4. The number of guanidine groups is 1. The molecule has 0 fully saturated rings. The monoisotopic (exact) mass is 444 g/mol. The molecular weight excluding hydrogens is 407 g/mol. The van der Waals surface area contributed by atoms with Crippen LogP contribution in [0.25, 0.3) is 0 Å². The van der Waals surface area contributed by atoms with E-state index in [4.69, 9.17) is 16.0 Å². The molecule has 6 heteroatoms. The molecule has 138 valence electrons. The van der Waals surface area contributed by atoms with Crippen LogP contribution in [0, 0.1) is 0 Å². The SMILES string of the molecule is CCC[CH2][Sn]([CH2]CCC)([CH2]CCC)[c]1cc(CCN=C(N)N)no1. The second-order valence-electron chi connectivity index (χ2n) is 6.83. The molecule has 0 spiro atoms. The summed E-state index contributed by atoms with van der Waals surface area (Å²) in [5, 5.41) is 4.33. The van der Waals surface area contributed by atoms with Crippen LogP contribution in [0.3, 0.4) is 0 Å². The van der Waals surface area contributed by atoms with Gasteiger partial charge >= 0.3 is 152 Å². The molecule has 0 saturated heterocycles. The van der Waals surface area contributed by atoms with E-state index >= 15 is 0 Å². The summed E-state index contributed by atoms with van der Waals surface area (Å²) in [5.41, 5.74) is 11.8. The van der Waals surface area contributed by atoms with E-state index < -0.39 is 18.4 Å². The molecule has 0 unspecified atom stereocenters. The van der Waals surface area contributed by atoms with Gasteiger partial charge in [-0.1, -0.05) is 0 Å². The molecule has 0 saturated carbocycles. The molecular formula is C18H36N4OSn. The molecule has 1 aromatic heterocycles. The van der Waals surface area contributed by atoms with Crippen LogP contribution in [0.5, 0.6) is 0 Å². The Hall–Kier alpha value is -0.721. The quantitative estimate of drug-likeness (QED) is 0.277. The Balaban J connectivity index is 2.93. The summed E-state index contributed by atoms with van der Waals surface area (Å²) in [6, 6.07) is 2.24. The maximum atomic E-state index is 5.91. The maximum absolute atomic E-state index is 5.91. The van der Waals surface area contributed by atoms with Crippen LogP contribution >= 0.6 is 0 Å². The van der Waals surface area contributed by atoms with E-state index in [1.54, 1.807) is 0 Å². The summed E-state index contributed by atoms with van der Waals surface area (Å²) >= 11 is -2.48. The van der Waals surface area contributed by atoms with Gasteiger partial charge in [-0.15, -0.1) is 0 Å². The molecule has 1 aromatic rings. The molecule has 24 heavy (non-hydrogen) atoms. The molecule has 0 aliphatic heterocycles. The third kappa shape index (κ3) is 7.03. The van der Waals surface area contributed by atoms with Gasteiger partial charge in [-0.25, -0.2) is 0 Å². The standard InChI is InChI=1S/C6H9N4O.3C4H9.Sn/c7-6(8)9-3-1-5-2-4-11-10-5;3*1-3-4-2;/h2H,1,3H2,(H4,7,8,9);3*1,3-4H2,2H3;. The minimum atomic E-state index is -2.48. The summed E-state index contributed by atoms with van der Waals surface area (Å²) in [6.07, 6.45) is 8.53. The van der Waals surface area contributed by atoms with Crippen molar-refractivity contribution in [1.29, 1.82) is 0 Å². The molecule has 0 radical (unpaired) electrons. The second-order valence-corrected chi connectivity index (χ2v) is 19.8. The van der Waals surface area contributed by atoms with Crippen molar-refractivity contribution in [1.82, 2.24) is 5.16 Å². The van der Waals surface area contributed by atoms with Gasteiger partial charge in [-0.2, -0.15) is 0 Å². The first-order valence-corrected chi connectivity index (χ1v) is 17.1. The number of nitrogens with two attached hydrogens (primary N) is 2. The van der Waals surface area contributed by atoms with Gasteiger partial charge in [0.25, 0.3) is 0 Å². The van der Waals surface area contributed by atoms with Gasteiger partial charge in [0.1, 0.15) is 0 Å². The number of hydrogen-bond acceptors (Lipinski definition) is 3. The molecule has 0 amide bonds. The van der Waals surface area contributed by atoms with E-state index in [2.05, 4.69) is 37.0 Å². The van der Waals surface area contributed by atoms with Crippen LogP contribution in [0.15, 0.2) is 15.6 Å². The molecule has 0 atom stereocenters. The van der Waals surface area contributed by atoms with Crippen LogP contribution < -0.4 is 15.2 Å². The van der Waals surface area contributed by atoms with Crippen molar-refractivity contribution in [3.05, 3.63) is 11.8 Å². The fraction of sp³-hybridized carbons (Fsp3) is 0.778. The molecule has 0 aliphatic carbocycles. The predicted octanol–water partition coefficient (Wildman–Crippen LogP) is 3.55. The first-order valence-electron chi connectivity index (χ1n) is 9.59. The minimum absolute atomic E-state index is 0.140. The molecule has 0 aromatic carbocycles. The summed E-state index contributed by atoms with van der Waals surface area (Å²) in [6.45, 7) is 7.45. The van der Waals surface area contributed by atoms with Gasteiger partial charge < -0.3 is 0 Å². The third-order valence-electron chi connectivity index (χ3n) is 4.77. The van der Waals surface area contributed by atoms with Gasteiger partial charge in [-0.05, 0) is 0 Å². The summed E-state index contributed by atoms with van der Waals surface area (Å²) in [4.78, 5) is 4.05. The van der Waals surface area contributed by atoms with Gasteiger partial charge in [0.2, 0.25) is 0 Å². The Morgan fingerprint density at radius 2 is 1.58 bits per heavy atom. The van der Waals surface area contributed by atoms with Crippen molar-refractivity contribution in [3.8, 4) is 0 Å². The summed E-state index contributed by atoms with van der Waals surface area (Å²) in [5.74, 6) is 0.140. The van der Waals surface area contributed by atoms with Crippen LogP contribution in [0.1, 0.15) is 65.0 Å². The first kappa shape index (κ1) is 21.3. The van der Waals surface area contributed by atoms with Crippen LogP contribution in [0.2, 0.25) is 13.3 Å². The van der Waals surface area contributed by atoms with E-state index in [0.717, 1.165) is 12.1 Å². The number of aliphatic imine (C=N–C) groups is 1. The zero-order valence-electron chi connectivity index (χ0n) is 15.8.